The fraction of sp³-hybridized carbons (Fsp3) is 0. The second-order valence-electron chi connectivity index (χ2n) is 0.447. The Morgan fingerprint density at radius 3 is 1.14 bits per heavy atom. The molecule has 0 unspecified atom stereocenters. The van der Waals surface area contributed by atoms with Crippen LogP contribution < -0.4 is 14.7 Å². The van der Waals surface area contributed by atoms with Crippen molar-refractivity contribution in [2.75, 3.05) is 0 Å². The minimum absolute atomic E-state index is 0. The molecule has 0 heterocycles. The predicted octanol–water partition coefficient (Wildman–Crippen LogP) is -3.21. The van der Waals surface area contributed by atoms with E-state index in [1.54, 1.807) is 0 Å². The topological polar surface area (TPSA) is 86.2 Å². The summed E-state index contributed by atoms with van der Waals surface area (Å²) >= 11 is 0. The van der Waals surface area contributed by atoms with E-state index in [0.717, 1.165) is 0 Å². The van der Waals surface area contributed by atoms with Gasteiger partial charge in [-0.05, 0) is 0 Å². The van der Waals surface area contributed by atoms with Crippen LogP contribution in [0, 0.1) is 0 Å². The summed E-state index contributed by atoms with van der Waals surface area (Å²) in [6, 6.07) is 0. The molecule has 0 spiro atoms. The molecule has 7 heavy (non-hydrogen) atoms. The van der Waals surface area contributed by atoms with Gasteiger partial charge in [-0.1, -0.05) is 0 Å². The van der Waals surface area contributed by atoms with E-state index in [4.69, 9.17) is 19.2 Å². The number of hydrogen-bond donors (Lipinski definition) is 0. The zero-order valence-electron chi connectivity index (χ0n) is 3.07. The quantitative estimate of drug-likeness (QED) is 0.285. The van der Waals surface area contributed by atoms with Crippen LogP contribution in [0.4, 0.5) is 0 Å². The molecule has 0 aromatic heterocycles. The Hall–Kier alpha value is 1.17. The number of hydrogen-bond acceptors (Lipinski definition) is 4. The molecule has 0 aromatic rings. The second kappa shape index (κ2) is 5.31. The number of phosphoric acid groups is 1. The van der Waals surface area contributed by atoms with Gasteiger partial charge in [0.2, 0.25) is 0 Å². The fourth-order valence-electron chi connectivity index (χ4n) is 0. The summed E-state index contributed by atoms with van der Waals surface area (Å²) < 4.78 is 8.55. The Morgan fingerprint density at radius 2 is 1.14 bits per heavy atom. The molecule has 0 fully saturated rings. The van der Waals surface area contributed by atoms with Crippen LogP contribution in [-0.2, 0) is 21.9 Å². The summed E-state index contributed by atoms with van der Waals surface area (Å²) in [5.41, 5.74) is 0. The molecular formula is AlCrO4P+2. The van der Waals surface area contributed by atoms with E-state index in [1.807, 2.05) is 0 Å². The van der Waals surface area contributed by atoms with Crippen molar-refractivity contribution < 1.29 is 36.6 Å². The van der Waals surface area contributed by atoms with Crippen molar-refractivity contribution >= 4 is 25.2 Å². The molecule has 0 aliphatic heterocycles. The van der Waals surface area contributed by atoms with Gasteiger partial charge in [0.15, 0.2) is 0 Å². The van der Waals surface area contributed by atoms with E-state index >= 15 is 0 Å². The molecule has 0 N–H and O–H groups in total. The second-order valence-corrected chi connectivity index (χ2v) is 1.34. The van der Waals surface area contributed by atoms with Gasteiger partial charge in [0.25, 0.3) is 0 Å². The molecule has 0 aliphatic rings. The van der Waals surface area contributed by atoms with Crippen LogP contribution in [0.1, 0.15) is 0 Å². The molecule has 0 atom stereocenters. The van der Waals surface area contributed by atoms with E-state index in [1.165, 1.54) is 0 Å². The Balaban J connectivity index is -0.0000000800. The fourth-order valence-corrected chi connectivity index (χ4v) is 0. The van der Waals surface area contributed by atoms with Gasteiger partial charge in [0.05, 0.1) is 0 Å². The van der Waals surface area contributed by atoms with Gasteiger partial charge in [-0.3, -0.25) is 0 Å². The molecule has 0 aliphatic carbocycles. The van der Waals surface area contributed by atoms with Crippen LogP contribution in [0.25, 0.3) is 0 Å². The normalized spacial score (nSPS) is 8.43. The third kappa shape index (κ3) is 139. The summed E-state index contributed by atoms with van der Waals surface area (Å²) in [4.78, 5) is 25.6. The Labute approximate surface area is 62.1 Å². The van der Waals surface area contributed by atoms with Gasteiger partial charge in [-0.2, -0.15) is 7.82 Å². The minimum atomic E-state index is -5.39. The molecule has 0 rings (SSSR count). The van der Waals surface area contributed by atoms with Crippen LogP contribution in [0.5, 0.6) is 0 Å². The third-order valence-electron chi connectivity index (χ3n) is 0. The summed E-state index contributed by atoms with van der Waals surface area (Å²) in [5.74, 6) is 0. The standard InChI is InChI=1S/Al.Cr.H3O4P/c;;1-5(2,3)4/h;;(H3,1,2,3,4)/q+3;+2;/p-3. The molecule has 36 valence electrons. The first-order valence-corrected chi connectivity index (χ1v) is 2.19. The predicted molar refractivity (Wildman–Crippen MR) is 13.4 cm³/mol. The van der Waals surface area contributed by atoms with Gasteiger partial charge >= 0.3 is 34.7 Å². The zero-order valence-corrected chi connectivity index (χ0v) is 6.39. The van der Waals surface area contributed by atoms with Crippen LogP contribution in [-0.4, -0.2) is 17.4 Å². The maximum atomic E-state index is 8.55. The SMILES string of the molecule is O=P([O-])([O-])[O-].[Al+3].[Cr+2]. The molecule has 0 aromatic carbocycles. The first kappa shape index (κ1) is 15.7. The van der Waals surface area contributed by atoms with E-state index in [0.29, 0.717) is 0 Å². The molecule has 0 radical (unpaired) electrons. The summed E-state index contributed by atoms with van der Waals surface area (Å²) in [6.07, 6.45) is 0. The van der Waals surface area contributed by atoms with E-state index in [2.05, 4.69) is 0 Å². The molecular weight excluding hydrogens is 174 g/mol. The van der Waals surface area contributed by atoms with Crippen LogP contribution >= 0.6 is 7.82 Å². The molecule has 0 saturated carbocycles. The molecule has 0 amide bonds. The largest absolute Gasteiger partial charge is 3.00 e. The van der Waals surface area contributed by atoms with Crippen molar-refractivity contribution in [1.82, 2.24) is 0 Å². The molecule has 0 saturated heterocycles. The van der Waals surface area contributed by atoms with Crippen molar-refractivity contribution in [3.05, 3.63) is 0 Å². The van der Waals surface area contributed by atoms with Gasteiger partial charge in [-0.15, -0.1) is 0 Å². The Morgan fingerprint density at radius 1 is 1.14 bits per heavy atom. The van der Waals surface area contributed by atoms with Gasteiger partial charge < -0.3 is 19.2 Å². The molecule has 4 nitrogen and oxygen atoms in total. The van der Waals surface area contributed by atoms with Crippen molar-refractivity contribution in [2.24, 2.45) is 0 Å². The first-order chi connectivity index (χ1) is 2.00. The summed E-state index contributed by atoms with van der Waals surface area (Å²) in [7, 11) is -5.39. The van der Waals surface area contributed by atoms with Crippen LogP contribution in [0.3, 0.4) is 0 Å². The van der Waals surface area contributed by atoms with Gasteiger partial charge in [0.1, 0.15) is 0 Å². The Bertz CT molecular complexity index is 57.8. The van der Waals surface area contributed by atoms with Crippen molar-refractivity contribution in [1.29, 1.82) is 0 Å². The van der Waals surface area contributed by atoms with E-state index in [-0.39, 0.29) is 34.7 Å². The maximum Gasteiger partial charge on any atom is 3.00 e. The Kier molecular flexibility index (Phi) is 11.9. The zero-order chi connectivity index (χ0) is 4.50. The maximum absolute atomic E-state index is 8.55. The summed E-state index contributed by atoms with van der Waals surface area (Å²) in [6.45, 7) is 0. The van der Waals surface area contributed by atoms with E-state index in [9.17, 15) is 0 Å². The van der Waals surface area contributed by atoms with Crippen molar-refractivity contribution in [3.8, 4) is 0 Å². The van der Waals surface area contributed by atoms with Gasteiger partial charge in [-0.25, -0.2) is 0 Å². The monoisotopic (exact) mass is 174 g/mol. The first-order valence-electron chi connectivity index (χ1n) is 0.730. The molecule has 0 bridgehead atoms. The minimum Gasteiger partial charge on any atom is -0.822 e. The average molecular weight is 174 g/mol. The molecule has 7 heteroatoms. The smallest absolute Gasteiger partial charge is 0.822 e. The average Bonchev–Trinajstić information content (AvgIpc) is 0.722. The number of rotatable bonds is 0. The van der Waals surface area contributed by atoms with Crippen molar-refractivity contribution in [3.63, 3.8) is 0 Å². The van der Waals surface area contributed by atoms with Crippen molar-refractivity contribution in [2.45, 2.75) is 0 Å². The van der Waals surface area contributed by atoms with E-state index < -0.39 is 7.82 Å². The third-order valence-corrected chi connectivity index (χ3v) is 0. The van der Waals surface area contributed by atoms with Crippen LogP contribution in [0.2, 0.25) is 0 Å². The summed E-state index contributed by atoms with van der Waals surface area (Å²) in [5, 5.41) is 0. The van der Waals surface area contributed by atoms with Crippen LogP contribution in [0.15, 0.2) is 0 Å². The van der Waals surface area contributed by atoms with Gasteiger partial charge in [0, 0.05) is 0 Å².